The van der Waals surface area contributed by atoms with Gasteiger partial charge in [-0.25, -0.2) is 0 Å². The van der Waals surface area contributed by atoms with Crippen molar-refractivity contribution in [2.45, 2.75) is 12.7 Å². The maximum absolute atomic E-state index is 9.88. The molecule has 1 aromatic carbocycles. The minimum atomic E-state index is -0.633. The van der Waals surface area contributed by atoms with Crippen molar-refractivity contribution in [2.75, 3.05) is 6.61 Å². The predicted molar refractivity (Wildman–Crippen MR) is 64.3 cm³/mol. The molecule has 0 aliphatic carbocycles. The summed E-state index contributed by atoms with van der Waals surface area (Å²) in [6.45, 7) is 0.782. The Balaban J connectivity index is 1.81. The average molecular weight is 232 g/mol. The highest BCUT2D eigenvalue weighted by atomic mass is 16.5. The fourth-order valence-electron chi connectivity index (χ4n) is 1.66. The van der Waals surface area contributed by atoms with E-state index in [4.69, 9.17) is 4.74 Å². The van der Waals surface area contributed by atoms with Gasteiger partial charge in [0.15, 0.2) is 0 Å². The first kappa shape index (κ1) is 11.8. The van der Waals surface area contributed by atoms with Crippen LogP contribution in [0.2, 0.25) is 0 Å². The zero-order chi connectivity index (χ0) is 12.1. The first-order valence-electron chi connectivity index (χ1n) is 5.55. The molecule has 90 valence electrons. The molecule has 0 aliphatic heterocycles. The third-order valence-corrected chi connectivity index (χ3v) is 2.59. The molecule has 4 heteroatoms. The lowest BCUT2D eigenvalue weighted by Gasteiger charge is -2.11. The Kier molecular flexibility index (Phi) is 3.90. The van der Waals surface area contributed by atoms with Crippen LogP contribution in [-0.2, 0) is 18.4 Å². The van der Waals surface area contributed by atoms with E-state index in [0.29, 0.717) is 6.61 Å². The Hall–Kier alpha value is -1.65. The summed E-state index contributed by atoms with van der Waals surface area (Å²) in [5.74, 6) is 0. The fourth-order valence-corrected chi connectivity index (χ4v) is 1.66. The number of ether oxygens (including phenoxy) is 1. The molecule has 0 aliphatic rings. The lowest BCUT2D eigenvalue weighted by Crippen LogP contribution is -2.11. The molecule has 2 aromatic rings. The summed E-state index contributed by atoms with van der Waals surface area (Å²) in [5, 5.41) is 13.9. The zero-order valence-electron chi connectivity index (χ0n) is 9.78. The van der Waals surface area contributed by atoms with Gasteiger partial charge in [0.1, 0.15) is 6.10 Å². The summed E-state index contributed by atoms with van der Waals surface area (Å²) in [6.07, 6.45) is 1.03. The summed E-state index contributed by atoms with van der Waals surface area (Å²) in [5.41, 5.74) is 1.86. The van der Waals surface area contributed by atoms with Crippen molar-refractivity contribution in [3.05, 3.63) is 53.9 Å². The smallest absolute Gasteiger partial charge is 0.119 e. The molecule has 17 heavy (non-hydrogen) atoms. The van der Waals surface area contributed by atoms with Crippen LogP contribution in [-0.4, -0.2) is 21.5 Å². The third-order valence-electron chi connectivity index (χ3n) is 2.59. The van der Waals surface area contributed by atoms with Crippen molar-refractivity contribution in [1.82, 2.24) is 9.78 Å². The van der Waals surface area contributed by atoms with Gasteiger partial charge in [-0.1, -0.05) is 30.3 Å². The van der Waals surface area contributed by atoms with E-state index in [1.807, 2.05) is 30.3 Å². The Labute approximate surface area is 100 Å². The standard InChI is InChI=1S/C13H16N2O2/c1-15-12(7-8-14-15)13(16)10-17-9-11-5-3-2-4-6-11/h2-8,13,16H,9-10H2,1H3. The monoisotopic (exact) mass is 232 g/mol. The molecular weight excluding hydrogens is 216 g/mol. The van der Waals surface area contributed by atoms with Gasteiger partial charge in [-0.05, 0) is 11.6 Å². The van der Waals surface area contributed by atoms with E-state index in [1.54, 1.807) is 24.0 Å². The highest BCUT2D eigenvalue weighted by molar-refractivity contribution is 5.13. The van der Waals surface area contributed by atoms with Gasteiger partial charge in [0.05, 0.1) is 18.9 Å². The molecule has 0 bridgehead atoms. The molecule has 1 N–H and O–H groups in total. The molecule has 1 heterocycles. The summed E-state index contributed by atoms with van der Waals surface area (Å²) in [6, 6.07) is 11.7. The molecule has 0 fully saturated rings. The molecule has 0 spiro atoms. The van der Waals surface area contributed by atoms with E-state index in [1.165, 1.54) is 0 Å². The fraction of sp³-hybridized carbons (Fsp3) is 0.308. The Morgan fingerprint density at radius 3 is 2.71 bits per heavy atom. The van der Waals surface area contributed by atoms with Crippen molar-refractivity contribution in [3.8, 4) is 0 Å². The number of aliphatic hydroxyl groups excluding tert-OH is 1. The molecular formula is C13H16N2O2. The van der Waals surface area contributed by atoms with Crippen LogP contribution in [0.5, 0.6) is 0 Å². The summed E-state index contributed by atoms with van der Waals surface area (Å²) in [4.78, 5) is 0. The quantitative estimate of drug-likeness (QED) is 0.853. The van der Waals surface area contributed by atoms with E-state index >= 15 is 0 Å². The molecule has 1 unspecified atom stereocenters. The number of aryl methyl sites for hydroxylation is 1. The van der Waals surface area contributed by atoms with Crippen LogP contribution in [0.1, 0.15) is 17.4 Å². The lowest BCUT2D eigenvalue weighted by molar-refractivity contribution is 0.0239. The van der Waals surface area contributed by atoms with Crippen LogP contribution < -0.4 is 0 Å². The number of aliphatic hydroxyl groups is 1. The van der Waals surface area contributed by atoms with E-state index in [0.717, 1.165) is 11.3 Å². The van der Waals surface area contributed by atoms with Crippen LogP contribution >= 0.6 is 0 Å². The van der Waals surface area contributed by atoms with Crippen molar-refractivity contribution >= 4 is 0 Å². The van der Waals surface area contributed by atoms with E-state index < -0.39 is 6.10 Å². The number of hydrogen-bond donors (Lipinski definition) is 1. The first-order valence-corrected chi connectivity index (χ1v) is 5.55. The van der Waals surface area contributed by atoms with Crippen molar-refractivity contribution in [1.29, 1.82) is 0 Å². The molecule has 0 amide bonds. The number of hydrogen-bond acceptors (Lipinski definition) is 3. The minimum Gasteiger partial charge on any atom is -0.384 e. The van der Waals surface area contributed by atoms with Gasteiger partial charge >= 0.3 is 0 Å². The van der Waals surface area contributed by atoms with Crippen molar-refractivity contribution in [2.24, 2.45) is 7.05 Å². The zero-order valence-corrected chi connectivity index (χ0v) is 9.78. The first-order chi connectivity index (χ1) is 8.27. The van der Waals surface area contributed by atoms with Crippen LogP contribution in [0.25, 0.3) is 0 Å². The van der Waals surface area contributed by atoms with Crippen molar-refractivity contribution < 1.29 is 9.84 Å². The van der Waals surface area contributed by atoms with Crippen LogP contribution in [0, 0.1) is 0 Å². The number of rotatable bonds is 5. The van der Waals surface area contributed by atoms with Gasteiger partial charge in [0, 0.05) is 13.2 Å². The highest BCUT2D eigenvalue weighted by Gasteiger charge is 2.11. The highest BCUT2D eigenvalue weighted by Crippen LogP contribution is 2.12. The van der Waals surface area contributed by atoms with Gasteiger partial charge < -0.3 is 9.84 Å². The van der Waals surface area contributed by atoms with E-state index in [-0.39, 0.29) is 6.61 Å². The third kappa shape index (κ3) is 3.15. The maximum atomic E-state index is 9.88. The second-order valence-electron chi connectivity index (χ2n) is 3.90. The number of nitrogens with zero attached hydrogens (tertiary/aromatic N) is 2. The van der Waals surface area contributed by atoms with Crippen LogP contribution in [0.15, 0.2) is 42.6 Å². The molecule has 1 atom stereocenters. The van der Waals surface area contributed by atoms with Crippen LogP contribution in [0.4, 0.5) is 0 Å². The van der Waals surface area contributed by atoms with E-state index in [2.05, 4.69) is 5.10 Å². The molecule has 1 aromatic heterocycles. The number of aromatic nitrogens is 2. The second kappa shape index (κ2) is 5.61. The molecule has 2 rings (SSSR count). The Morgan fingerprint density at radius 1 is 1.29 bits per heavy atom. The summed E-state index contributed by atoms with van der Waals surface area (Å²) < 4.78 is 7.12. The molecule has 0 saturated heterocycles. The Bertz CT molecular complexity index is 453. The van der Waals surface area contributed by atoms with Gasteiger partial charge in [0.2, 0.25) is 0 Å². The topological polar surface area (TPSA) is 47.3 Å². The predicted octanol–water partition coefficient (Wildman–Crippen LogP) is 1.67. The number of benzene rings is 1. The average Bonchev–Trinajstić information content (AvgIpc) is 2.77. The largest absolute Gasteiger partial charge is 0.384 e. The SMILES string of the molecule is Cn1nccc1C(O)COCc1ccccc1. The van der Waals surface area contributed by atoms with Crippen LogP contribution in [0.3, 0.4) is 0 Å². The lowest BCUT2D eigenvalue weighted by atomic mass is 10.2. The second-order valence-corrected chi connectivity index (χ2v) is 3.90. The van der Waals surface area contributed by atoms with Crippen molar-refractivity contribution in [3.63, 3.8) is 0 Å². The molecule has 4 nitrogen and oxygen atoms in total. The molecule has 0 saturated carbocycles. The van der Waals surface area contributed by atoms with Gasteiger partial charge in [-0.15, -0.1) is 0 Å². The van der Waals surface area contributed by atoms with Gasteiger partial charge in [-0.2, -0.15) is 5.10 Å². The minimum absolute atomic E-state index is 0.272. The van der Waals surface area contributed by atoms with Gasteiger partial charge in [0.25, 0.3) is 0 Å². The van der Waals surface area contributed by atoms with Gasteiger partial charge in [-0.3, -0.25) is 4.68 Å². The summed E-state index contributed by atoms with van der Waals surface area (Å²) >= 11 is 0. The molecule has 0 radical (unpaired) electrons. The Morgan fingerprint density at radius 2 is 2.06 bits per heavy atom. The summed E-state index contributed by atoms with van der Waals surface area (Å²) in [7, 11) is 1.80. The maximum Gasteiger partial charge on any atom is 0.119 e. The van der Waals surface area contributed by atoms with E-state index in [9.17, 15) is 5.11 Å². The normalized spacial score (nSPS) is 12.6.